The number of rotatable bonds is 12. The van der Waals surface area contributed by atoms with E-state index in [0.717, 1.165) is 0 Å². The third kappa shape index (κ3) is 7.01. The van der Waals surface area contributed by atoms with E-state index in [2.05, 4.69) is 37.3 Å². The molecule has 3 heterocycles. The normalized spacial score (nSPS) is 23.8. The molecule has 2 saturated carbocycles. The number of aromatic nitrogens is 4. The van der Waals surface area contributed by atoms with E-state index in [4.69, 9.17) is 4.74 Å². The van der Waals surface area contributed by atoms with Crippen molar-refractivity contribution in [3.8, 4) is 17.1 Å². The molecule has 266 valence electrons. The van der Waals surface area contributed by atoms with Gasteiger partial charge in [0, 0.05) is 24.4 Å². The van der Waals surface area contributed by atoms with Gasteiger partial charge in [-0.3, -0.25) is 23.9 Å². The summed E-state index contributed by atoms with van der Waals surface area (Å²) in [4.78, 5) is 58.4. The zero-order valence-corrected chi connectivity index (χ0v) is 29.8. The summed E-state index contributed by atoms with van der Waals surface area (Å²) in [6.45, 7) is 9.19. The number of likely N-dealkylation sites (tertiary alicyclic amines) is 1. The number of amides is 4. The third-order valence-electron chi connectivity index (χ3n) is 9.35. The summed E-state index contributed by atoms with van der Waals surface area (Å²) in [5.74, 6) is -1.96. The van der Waals surface area contributed by atoms with Crippen LogP contribution in [0.15, 0.2) is 54.4 Å². The SMILES string of the molecule is C=C[C@@H]1C[C@]1(NC(=O)[C@@H]1C[C@@H](n2nnc(-c3ccc(OC)cc3)n2)CN1C(=O)[C@@H](NC(=O)c1cccs1)C(C)(C)C)C(=O)NS(=O)(=O)C1CC1. The van der Waals surface area contributed by atoms with E-state index in [0.29, 0.717) is 34.9 Å². The molecule has 6 rings (SSSR count). The second-order valence-electron chi connectivity index (χ2n) is 14.0. The highest BCUT2D eigenvalue weighted by Crippen LogP contribution is 2.45. The van der Waals surface area contributed by atoms with Gasteiger partial charge in [-0.25, -0.2) is 8.42 Å². The molecule has 0 radical (unpaired) electrons. The smallest absolute Gasteiger partial charge is 0.262 e. The van der Waals surface area contributed by atoms with Gasteiger partial charge in [0.1, 0.15) is 23.4 Å². The first-order valence-corrected chi connectivity index (χ1v) is 18.7. The molecule has 0 unspecified atom stereocenters. The minimum Gasteiger partial charge on any atom is -0.497 e. The van der Waals surface area contributed by atoms with Crippen LogP contribution in [0, 0.1) is 11.3 Å². The van der Waals surface area contributed by atoms with E-state index < -0.39 is 73.9 Å². The summed E-state index contributed by atoms with van der Waals surface area (Å²) in [6, 6.07) is 7.73. The lowest BCUT2D eigenvalue weighted by Gasteiger charge is -2.35. The third-order valence-corrected chi connectivity index (χ3v) is 12.0. The summed E-state index contributed by atoms with van der Waals surface area (Å²) in [7, 11) is -2.33. The van der Waals surface area contributed by atoms with Gasteiger partial charge in [-0.2, -0.15) is 4.80 Å². The number of nitrogens with one attached hydrogen (secondary N) is 3. The average Bonchev–Trinajstić information content (AvgIpc) is 3.82. The summed E-state index contributed by atoms with van der Waals surface area (Å²) in [5, 5.41) is 19.8. The van der Waals surface area contributed by atoms with Crippen molar-refractivity contribution in [3.63, 3.8) is 0 Å². The number of hydrogen-bond acceptors (Lipinski definition) is 11. The largest absolute Gasteiger partial charge is 0.497 e. The van der Waals surface area contributed by atoms with Gasteiger partial charge in [0.05, 0.1) is 23.3 Å². The Bertz CT molecular complexity index is 1900. The molecule has 3 N–H and O–H groups in total. The molecule has 2 aromatic heterocycles. The first-order valence-electron chi connectivity index (χ1n) is 16.3. The highest BCUT2D eigenvalue weighted by atomic mass is 32.2. The molecule has 5 atom stereocenters. The van der Waals surface area contributed by atoms with Crippen molar-refractivity contribution in [2.24, 2.45) is 11.3 Å². The number of methoxy groups -OCH3 is 1. The molecule has 0 bridgehead atoms. The minimum atomic E-state index is -3.89. The number of carbonyl (C=O) groups is 4. The van der Waals surface area contributed by atoms with Gasteiger partial charge in [-0.05, 0) is 65.6 Å². The number of benzene rings is 1. The van der Waals surface area contributed by atoms with E-state index in [9.17, 15) is 27.6 Å². The summed E-state index contributed by atoms with van der Waals surface area (Å²) >= 11 is 1.24. The molecule has 17 heteroatoms. The van der Waals surface area contributed by atoms with E-state index in [1.165, 1.54) is 27.1 Å². The quantitative estimate of drug-likeness (QED) is 0.233. The molecule has 3 aromatic rings. The van der Waals surface area contributed by atoms with Crippen molar-refractivity contribution in [3.05, 3.63) is 59.3 Å². The molecule has 1 aliphatic heterocycles. The average molecular weight is 725 g/mol. The number of hydrogen-bond donors (Lipinski definition) is 3. The highest BCUT2D eigenvalue weighted by molar-refractivity contribution is 7.91. The van der Waals surface area contributed by atoms with Crippen molar-refractivity contribution in [1.29, 1.82) is 0 Å². The Labute approximate surface area is 293 Å². The Hall–Kier alpha value is -4.64. The molecule has 0 spiro atoms. The molecular formula is C33H40N8O7S2. The number of sulfonamides is 1. The number of carbonyl (C=O) groups excluding carboxylic acids is 4. The minimum absolute atomic E-state index is 0.00305. The Morgan fingerprint density at radius 3 is 2.44 bits per heavy atom. The zero-order valence-electron chi connectivity index (χ0n) is 28.2. The van der Waals surface area contributed by atoms with Crippen LogP contribution >= 0.6 is 11.3 Å². The highest BCUT2D eigenvalue weighted by Gasteiger charge is 2.62. The van der Waals surface area contributed by atoms with Crippen LogP contribution in [0.25, 0.3) is 11.4 Å². The Morgan fingerprint density at radius 2 is 1.86 bits per heavy atom. The van der Waals surface area contributed by atoms with Crippen LogP contribution in [0.2, 0.25) is 0 Å². The molecule has 15 nitrogen and oxygen atoms in total. The van der Waals surface area contributed by atoms with Crippen LogP contribution in [0.3, 0.4) is 0 Å². The van der Waals surface area contributed by atoms with Gasteiger partial charge in [0.2, 0.25) is 27.7 Å². The lowest BCUT2D eigenvalue weighted by atomic mass is 9.85. The molecule has 1 saturated heterocycles. The topological polar surface area (TPSA) is 195 Å². The second-order valence-corrected chi connectivity index (χ2v) is 16.9. The number of nitrogens with zero attached hydrogens (tertiary/aromatic N) is 5. The predicted molar refractivity (Wildman–Crippen MR) is 183 cm³/mol. The van der Waals surface area contributed by atoms with E-state index in [1.807, 2.05) is 20.8 Å². The first-order chi connectivity index (χ1) is 23.7. The zero-order chi connectivity index (χ0) is 36.0. The fraction of sp³-hybridized carbons (Fsp3) is 0.485. The summed E-state index contributed by atoms with van der Waals surface area (Å²) in [6.07, 6.45) is 2.63. The van der Waals surface area contributed by atoms with Gasteiger partial charge >= 0.3 is 0 Å². The number of ether oxygens (including phenoxy) is 1. The van der Waals surface area contributed by atoms with Crippen LogP contribution in [-0.4, -0.2) is 93.7 Å². The van der Waals surface area contributed by atoms with Crippen LogP contribution in [0.1, 0.15) is 62.2 Å². The van der Waals surface area contributed by atoms with Crippen LogP contribution in [-0.2, 0) is 24.4 Å². The molecule has 3 aliphatic rings. The number of thiophene rings is 1. The van der Waals surface area contributed by atoms with Gasteiger partial charge in [-0.15, -0.1) is 28.1 Å². The van der Waals surface area contributed by atoms with Crippen LogP contribution in [0.5, 0.6) is 5.75 Å². The Balaban J connectivity index is 1.29. The molecule has 3 fully saturated rings. The lowest BCUT2D eigenvalue weighted by Crippen LogP contribution is -2.60. The van der Waals surface area contributed by atoms with Crippen LogP contribution in [0.4, 0.5) is 0 Å². The maximum atomic E-state index is 14.5. The molecule has 1 aromatic carbocycles. The molecular weight excluding hydrogens is 685 g/mol. The van der Waals surface area contributed by atoms with Gasteiger partial charge in [0.25, 0.3) is 11.8 Å². The Morgan fingerprint density at radius 1 is 1.14 bits per heavy atom. The van der Waals surface area contributed by atoms with Gasteiger partial charge in [-0.1, -0.05) is 32.9 Å². The maximum absolute atomic E-state index is 14.5. The standard InChI is InChI=1S/C33H40N8O7S2/c1-6-20-17-33(20,31(45)38-50(46,47)23-13-14-23)35-28(42)24-16-21(41-37-27(36-39-41)19-9-11-22(48-5)12-10-19)18-40(24)30(44)26(32(2,3)4)34-29(43)25-8-7-15-49-25/h6-12,15,20-21,23-24,26H,1,13-14,16-18H2,2-5H3,(H,34,43)(H,35,42)(H,38,45)/t20-,21-,24+,26-,33-/m1/s1. The fourth-order valence-electron chi connectivity index (χ4n) is 6.15. The first kappa shape index (κ1) is 35.2. The Kier molecular flexibility index (Phi) is 9.32. The van der Waals surface area contributed by atoms with Crippen molar-refractivity contribution in [2.45, 2.75) is 75.4 Å². The van der Waals surface area contributed by atoms with Gasteiger partial charge < -0.3 is 20.3 Å². The summed E-state index contributed by atoms with van der Waals surface area (Å²) < 4.78 is 32.7. The summed E-state index contributed by atoms with van der Waals surface area (Å²) in [5.41, 5.74) is -1.63. The van der Waals surface area contributed by atoms with E-state index in [1.54, 1.807) is 48.9 Å². The van der Waals surface area contributed by atoms with Crippen LogP contribution < -0.4 is 20.1 Å². The maximum Gasteiger partial charge on any atom is 0.262 e. The molecule has 2 aliphatic carbocycles. The van der Waals surface area contributed by atoms with Crippen molar-refractivity contribution >= 4 is 45.0 Å². The lowest BCUT2D eigenvalue weighted by molar-refractivity contribution is -0.142. The van der Waals surface area contributed by atoms with E-state index in [-0.39, 0.29) is 19.4 Å². The monoisotopic (exact) mass is 724 g/mol. The molecule has 4 amide bonds. The second kappa shape index (κ2) is 13.2. The fourth-order valence-corrected chi connectivity index (χ4v) is 8.14. The molecule has 50 heavy (non-hydrogen) atoms. The van der Waals surface area contributed by atoms with Crippen molar-refractivity contribution in [1.82, 2.24) is 40.5 Å². The van der Waals surface area contributed by atoms with Crippen molar-refractivity contribution in [2.75, 3.05) is 13.7 Å². The van der Waals surface area contributed by atoms with E-state index >= 15 is 0 Å². The van der Waals surface area contributed by atoms with Gasteiger partial charge in [0.15, 0.2) is 0 Å². The number of tetrazole rings is 1. The predicted octanol–water partition coefficient (Wildman–Crippen LogP) is 2.07. The van der Waals surface area contributed by atoms with Crippen molar-refractivity contribution < 1.29 is 32.3 Å².